The fraction of sp³-hybridized carbons (Fsp3) is 1.00. The molecule has 2 nitrogen and oxygen atoms in total. The Hall–Kier alpha value is 0.400. The van der Waals surface area contributed by atoms with Crippen molar-refractivity contribution in [2.45, 2.75) is 64.8 Å². The van der Waals surface area contributed by atoms with Gasteiger partial charge < -0.3 is 4.90 Å². The van der Waals surface area contributed by atoms with Gasteiger partial charge in [0.25, 0.3) is 0 Å². The summed E-state index contributed by atoms with van der Waals surface area (Å²) < 4.78 is 0. The standard InChI is InChI=1S/C17H33BrN2/c1-16(2,3)20-12-10-19(11-13-20)15-17(14-18)8-6-4-5-7-9-17/h4-15H2,1-3H3. The maximum Gasteiger partial charge on any atom is 0.0126 e. The molecule has 3 heteroatoms. The van der Waals surface area contributed by atoms with Crippen molar-refractivity contribution in [1.29, 1.82) is 0 Å². The zero-order chi connectivity index (χ0) is 14.6. The van der Waals surface area contributed by atoms with Gasteiger partial charge in [0.2, 0.25) is 0 Å². The molecule has 1 heterocycles. The molecule has 0 aromatic carbocycles. The van der Waals surface area contributed by atoms with E-state index in [1.807, 2.05) is 0 Å². The average molecular weight is 345 g/mol. The zero-order valence-electron chi connectivity index (χ0n) is 13.8. The van der Waals surface area contributed by atoms with Gasteiger partial charge >= 0.3 is 0 Å². The highest BCUT2D eigenvalue weighted by atomic mass is 79.9. The second-order valence-electron chi connectivity index (χ2n) is 7.98. The first-order valence-electron chi connectivity index (χ1n) is 8.49. The summed E-state index contributed by atoms with van der Waals surface area (Å²) in [4.78, 5) is 5.37. The van der Waals surface area contributed by atoms with Gasteiger partial charge in [-0.25, -0.2) is 0 Å². The maximum atomic E-state index is 3.84. The Morgan fingerprint density at radius 3 is 1.90 bits per heavy atom. The molecule has 2 fully saturated rings. The molecule has 0 radical (unpaired) electrons. The van der Waals surface area contributed by atoms with Gasteiger partial charge in [-0.1, -0.05) is 41.6 Å². The van der Waals surface area contributed by atoms with Crippen LogP contribution in [0.1, 0.15) is 59.3 Å². The molecule has 0 spiro atoms. The van der Waals surface area contributed by atoms with Crippen LogP contribution < -0.4 is 0 Å². The molecule has 0 aromatic rings. The highest BCUT2D eigenvalue weighted by molar-refractivity contribution is 9.09. The van der Waals surface area contributed by atoms with Crippen molar-refractivity contribution in [3.63, 3.8) is 0 Å². The first-order valence-corrected chi connectivity index (χ1v) is 9.61. The highest BCUT2D eigenvalue weighted by Gasteiger charge is 2.34. The fourth-order valence-corrected chi connectivity index (χ4v) is 4.60. The lowest BCUT2D eigenvalue weighted by Crippen LogP contribution is -2.55. The molecular weight excluding hydrogens is 312 g/mol. The molecular formula is C17H33BrN2. The molecule has 0 unspecified atom stereocenters. The Kier molecular flexibility index (Phi) is 5.96. The summed E-state index contributed by atoms with van der Waals surface area (Å²) in [6.07, 6.45) is 8.63. The molecule has 0 bridgehead atoms. The minimum absolute atomic E-state index is 0.335. The number of halogens is 1. The first-order chi connectivity index (χ1) is 9.45. The van der Waals surface area contributed by atoms with Gasteiger partial charge in [0.1, 0.15) is 0 Å². The van der Waals surface area contributed by atoms with Crippen LogP contribution in [0.3, 0.4) is 0 Å². The van der Waals surface area contributed by atoms with Crippen LogP contribution >= 0.6 is 15.9 Å². The topological polar surface area (TPSA) is 6.48 Å². The lowest BCUT2D eigenvalue weighted by Gasteiger charge is -2.45. The van der Waals surface area contributed by atoms with E-state index >= 15 is 0 Å². The number of piperazine rings is 1. The van der Waals surface area contributed by atoms with E-state index in [4.69, 9.17) is 0 Å². The summed E-state index contributed by atoms with van der Waals surface area (Å²) >= 11 is 3.84. The quantitative estimate of drug-likeness (QED) is 0.560. The van der Waals surface area contributed by atoms with Crippen LogP contribution in [0.5, 0.6) is 0 Å². The minimum atomic E-state index is 0.335. The predicted molar refractivity (Wildman–Crippen MR) is 91.7 cm³/mol. The molecule has 1 saturated carbocycles. The number of rotatable bonds is 3. The lowest BCUT2D eigenvalue weighted by molar-refractivity contribution is 0.0406. The van der Waals surface area contributed by atoms with Crippen molar-refractivity contribution in [3.05, 3.63) is 0 Å². The largest absolute Gasteiger partial charge is 0.300 e. The molecule has 20 heavy (non-hydrogen) atoms. The van der Waals surface area contributed by atoms with Crippen LogP contribution in [0.15, 0.2) is 0 Å². The number of hydrogen-bond donors (Lipinski definition) is 0. The number of hydrogen-bond acceptors (Lipinski definition) is 2. The normalized spacial score (nSPS) is 26.4. The Labute approximate surface area is 134 Å². The van der Waals surface area contributed by atoms with Gasteiger partial charge in [0, 0.05) is 43.6 Å². The third kappa shape index (κ3) is 4.45. The Morgan fingerprint density at radius 1 is 0.900 bits per heavy atom. The summed E-state index contributed by atoms with van der Waals surface area (Å²) in [5, 5.41) is 1.19. The van der Waals surface area contributed by atoms with Crippen LogP contribution in [0.4, 0.5) is 0 Å². The van der Waals surface area contributed by atoms with Crippen LogP contribution in [-0.2, 0) is 0 Å². The molecule has 0 aromatic heterocycles. The summed E-state index contributed by atoms with van der Waals surface area (Å²) in [7, 11) is 0. The highest BCUT2D eigenvalue weighted by Crippen LogP contribution is 2.37. The maximum absolute atomic E-state index is 3.84. The number of nitrogens with zero attached hydrogens (tertiary/aromatic N) is 2. The van der Waals surface area contributed by atoms with E-state index in [1.165, 1.54) is 76.6 Å². The van der Waals surface area contributed by atoms with Gasteiger partial charge in [-0.2, -0.15) is 0 Å². The Morgan fingerprint density at radius 2 is 1.45 bits per heavy atom. The van der Waals surface area contributed by atoms with Crippen molar-refractivity contribution >= 4 is 15.9 Å². The van der Waals surface area contributed by atoms with Crippen molar-refractivity contribution in [2.24, 2.45) is 5.41 Å². The molecule has 1 aliphatic carbocycles. The van der Waals surface area contributed by atoms with Gasteiger partial charge in [-0.05, 0) is 39.0 Å². The van der Waals surface area contributed by atoms with Crippen molar-refractivity contribution in [1.82, 2.24) is 9.80 Å². The van der Waals surface area contributed by atoms with E-state index in [0.717, 1.165) is 0 Å². The molecule has 1 aliphatic heterocycles. The first kappa shape index (κ1) is 16.8. The summed E-state index contributed by atoms with van der Waals surface area (Å²) in [6, 6.07) is 0. The van der Waals surface area contributed by atoms with E-state index in [1.54, 1.807) is 0 Å². The minimum Gasteiger partial charge on any atom is -0.300 e. The molecule has 0 amide bonds. The molecule has 118 valence electrons. The van der Waals surface area contributed by atoms with Crippen LogP contribution in [0, 0.1) is 5.41 Å². The van der Waals surface area contributed by atoms with E-state index < -0.39 is 0 Å². The average Bonchev–Trinajstić information content (AvgIpc) is 2.64. The predicted octanol–water partition coefficient (Wildman–Crippen LogP) is 4.14. The van der Waals surface area contributed by atoms with Gasteiger partial charge in [-0.3, -0.25) is 4.90 Å². The van der Waals surface area contributed by atoms with E-state index in [-0.39, 0.29) is 0 Å². The van der Waals surface area contributed by atoms with Gasteiger partial charge in [-0.15, -0.1) is 0 Å². The monoisotopic (exact) mass is 344 g/mol. The Bertz CT molecular complexity index is 282. The summed E-state index contributed by atoms with van der Waals surface area (Å²) in [5.74, 6) is 0. The molecule has 2 aliphatic rings. The molecule has 2 rings (SSSR count). The third-order valence-corrected chi connectivity index (χ3v) is 6.52. The van der Waals surface area contributed by atoms with Crippen molar-refractivity contribution in [2.75, 3.05) is 38.1 Å². The fourth-order valence-electron chi connectivity index (χ4n) is 3.86. The zero-order valence-corrected chi connectivity index (χ0v) is 15.3. The Balaban J connectivity index is 1.87. The van der Waals surface area contributed by atoms with Crippen molar-refractivity contribution < 1.29 is 0 Å². The molecule has 0 N–H and O–H groups in total. The lowest BCUT2D eigenvalue weighted by atomic mass is 9.81. The van der Waals surface area contributed by atoms with Gasteiger partial charge in [0.05, 0.1) is 0 Å². The van der Waals surface area contributed by atoms with E-state index in [9.17, 15) is 0 Å². The summed E-state index contributed by atoms with van der Waals surface area (Å²) in [5.41, 5.74) is 0.891. The van der Waals surface area contributed by atoms with E-state index in [2.05, 4.69) is 46.5 Å². The van der Waals surface area contributed by atoms with Crippen LogP contribution in [-0.4, -0.2) is 53.4 Å². The number of alkyl halides is 1. The smallest absolute Gasteiger partial charge is 0.0126 e. The van der Waals surface area contributed by atoms with Crippen molar-refractivity contribution in [3.8, 4) is 0 Å². The second kappa shape index (κ2) is 7.11. The van der Waals surface area contributed by atoms with Crippen LogP contribution in [0.25, 0.3) is 0 Å². The second-order valence-corrected chi connectivity index (χ2v) is 8.54. The molecule has 1 saturated heterocycles. The SMILES string of the molecule is CC(C)(C)N1CCN(CC2(CBr)CCCCCC2)CC1. The van der Waals surface area contributed by atoms with Gasteiger partial charge in [0.15, 0.2) is 0 Å². The van der Waals surface area contributed by atoms with Crippen LogP contribution in [0.2, 0.25) is 0 Å². The summed E-state index contributed by atoms with van der Waals surface area (Å²) in [6.45, 7) is 13.3. The third-order valence-electron chi connectivity index (χ3n) is 5.33. The molecule has 0 atom stereocenters. The van der Waals surface area contributed by atoms with E-state index in [0.29, 0.717) is 11.0 Å².